The molecule has 0 radical (unpaired) electrons. The van der Waals surface area contributed by atoms with Crippen LogP contribution in [-0.2, 0) is 0 Å². The predicted molar refractivity (Wildman–Crippen MR) is 52.5 cm³/mol. The maximum absolute atomic E-state index is 12.7. The summed E-state index contributed by atoms with van der Waals surface area (Å²) >= 11 is 0. The first-order valence-electron chi connectivity index (χ1n) is 4.22. The molecule has 0 saturated carbocycles. The first-order valence-corrected chi connectivity index (χ1v) is 4.22. The zero-order valence-electron chi connectivity index (χ0n) is 8.24. The summed E-state index contributed by atoms with van der Waals surface area (Å²) in [6, 6.07) is 2.13. The van der Waals surface area contributed by atoms with E-state index in [2.05, 4.69) is 0 Å². The molecular formula is C9H8F2N2O3. The van der Waals surface area contributed by atoms with Crippen LogP contribution in [0.5, 0.6) is 0 Å². The molecule has 0 aromatic heterocycles. The molecule has 2 N–H and O–H groups in total. The van der Waals surface area contributed by atoms with Crippen molar-refractivity contribution in [1.29, 1.82) is 0 Å². The van der Waals surface area contributed by atoms with Crippen LogP contribution < -0.4 is 5.73 Å². The Hall–Kier alpha value is -2.05. The van der Waals surface area contributed by atoms with E-state index in [0.717, 1.165) is 19.1 Å². The van der Waals surface area contributed by atoms with Crippen molar-refractivity contribution in [2.75, 3.05) is 5.73 Å². The number of hydrogen-bond acceptors (Lipinski definition) is 4. The number of carbonyl (C=O) groups is 1. The second kappa shape index (κ2) is 4.21. The minimum absolute atomic E-state index is 0.379. The van der Waals surface area contributed by atoms with E-state index in [0.29, 0.717) is 0 Å². The lowest BCUT2D eigenvalue weighted by Crippen LogP contribution is -2.07. The van der Waals surface area contributed by atoms with Gasteiger partial charge in [0.15, 0.2) is 5.78 Å². The van der Waals surface area contributed by atoms with Crippen molar-refractivity contribution < 1.29 is 18.5 Å². The summed E-state index contributed by atoms with van der Waals surface area (Å²) in [7, 11) is 0. The molecule has 0 aliphatic rings. The number of anilines is 1. The lowest BCUT2D eigenvalue weighted by Gasteiger charge is -2.08. The van der Waals surface area contributed by atoms with Crippen molar-refractivity contribution in [2.24, 2.45) is 0 Å². The molecule has 0 heterocycles. The van der Waals surface area contributed by atoms with E-state index >= 15 is 0 Å². The van der Waals surface area contributed by atoms with Gasteiger partial charge in [0, 0.05) is 5.56 Å². The highest BCUT2D eigenvalue weighted by atomic mass is 19.3. The number of nitrogen functional groups attached to an aromatic ring is 1. The lowest BCUT2D eigenvalue weighted by atomic mass is 10.0. The Morgan fingerprint density at radius 1 is 1.50 bits per heavy atom. The van der Waals surface area contributed by atoms with E-state index in [1.807, 2.05) is 0 Å². The van der Waals surface area contributed by atoms with Crippen LogP contribution in [0.2, 0.25) is 0 Å². The van der Waals surface area contributed by atoms with Gasteiger partial charge in [-0.3, -0.25) is 14.9 Å². The number of halogens is 2. The fraction of sp³-hybridized carbons (Fsp3) is 0.222. The molecule has 0 aliphatic carbocycles. The van der Waals surface area contributed by atoms with Gasteiger partial charge in [-0.25, -0.2) is 8.78 Å². The fourth-order valence-corrected chi connectivity index (χ4v) is 1.36. The van der Waals surface area contributed by atoms with Gasteiger partial charge in [-0.2, -0.15) is 0 Å². The molecule has 0 saturated heterocycles. The molecule has 1 rings (SSSR count). The molecule has 0 aliphatic heterocycles. The van der Waals surface area contributed by atoms with Crippen LogP contribution in [0.3, 0.4) is 0 Å². The van der Waals surface area contributed by atoms with Gasteiger partial charge < -0.3 is 5.73 Å². The van der Waals surface area contributed by atoms with Crippen LogP contribution in [0.4, 0.5) is 20.2 Å². The van der Waals surface area contributed by atoms with Gasteiger partial charge >= 0.3 is 5.69 Å². The number of nitrogens with two attached hydrogens (primary N) is 1. The van der Waals surface area contributed by atoms with Gasteiger partial charge in [0.05, 0.1) is 4.92 Å². The highest BCUT2D eigenvalue weighted by Crippen LogP contribution is 2.36. The van der Waals surface area contributed by atoms with Gasteiger partial charge in [-0.1, -0.05) is 0 Å². The van der Waals surface area contributed by atoms with Crippen molar-refractivity contribution in [3.63, 3.8) is 0 Å². The molecular weight excluding hydrogens is 222 g/mol. The number of Topliss-reactive ketones (excluding diaryl/α,β-unsaturated/α-hetero) is 1. The summed E-state index contributed by atoms with van der Waals surface area (Å²) in [5.74, 6) is -0.668. The average molecular weight is 230 g/mol. The zero-order valence-corrected chi connectivity index (χ0v) is 8.24. The van der Waals surface area contributed by atoms with Crippen molar-refractivity contribution >= 4 is 17.2 Å². The van der Waals surface area contributed by atoms with Gasteiger partial charge in [0.2, 0.25) is 0 Å². The van der Waals surface area contributed by atoms with E-state index in [1.54, 1.807) is 0 Å². The molecule has 0 fully saturated rings. The smallest absolute Gasteiger partial charge is 0.301 e. The van der Waals surface area contributed by atoms with Crippen LogP contribution >= 0.6 is 0 Å². The quantitative estimate of drug-likeness (QED) is 0.373. The first-order chi connectivity index (χ1) is 7.36. The van der Waals surface area contributed by atoms with Crippen LogP contribution in [0.25, 0.3) is 0 Å². The van der Waals surface area contributed by atoms with Gasteiger partial charge in [0.25, 0.3) is 6.43 Å². The van der Waals surface area contributed by atoms with Crippen molar-refractivity contribution in [3.05, 3.63) is 33.4 Å². The normalized spacial score (nSPS) is 10.5. The zero-order chi connectivity index (χ0) is 12.5. The summed E-state index contributed by atoms with van der Waals surface area (Å²) in [6.45, 7) is 1.06. The lowest BCUT2D eigenvalue weighted by molar-refractivity contribution is -0.385. The Kier molecular flexibility index (Phi) is 3.17. The minimum Gasteiger partial charge on any atom is -0.393 e. The summed E-state index contributed by atoms with van der Waals surface area (Å²) in [6.07, 6.45) is -3.12. The Bertz CT molecular complexity index is 460. The number of benzene rings is 1. The van der Waals surface area contributed by atoms with E-state index in [9.17, 15) is 23.7 Å². The number of carbonyl (C=O) groups excluding carboxylic acids is 1. The average Bonchev–Trinajstić information content (AvgIpc) is 2.15. The first kappa shape index (κ1) is 12.0. The Labute approximate surface area is 89.0 Å². The van der Waals surface area contributed by atoms with E-state index in [4.69, 9.17) is 5.73 Å². The van der Waals surface area contributed by atoms with Gasteiger partial charge in [-0.05, 0) is 19.1 Å². The number of hydrogen-bond donors (Lipinski definition) is 1. The largest absolute Gasteiger partial charge is 0.393 e. The van der Waals surface area contributed by atoms with Gasteiger partial charge in [-0.15, -0.1) is 0 Å². The fourth-order valence-electron chi connectivity index (χ4n) is 1.36. The third-order valence-corrected chi connectivity index (χ3v) is 2.03. The summed E-state index contributed by atoms with van der Waals surface area (Å²) < 4.78 is 25.4. The van der Waals surface area contributed by atoms with Crippen molar-refractivity contribution in [2.45, 2.75) is 13.3 Å². The van der Waals surface area contributed by atoms with Crippen molar-refractivity contribution in [3.8, 4) is 0 Å². The molecule has 5 nitrogen and oxygen atoms in total. The van der Waals surface area contributed by atoms with E-state index in [-0.39, 0.29) is 11.3 Å². The SMILES string of the molecule is CC(=O)c1ccc(N)c([N+](=O)[O-])c1C(F)F. The summed E-state index contributed by atoms with van der Waals surface area (Å²) in [4.78, 5) is 20.7. The number of ketones is 1. The Morgan fingerprint density at radius 2 is 2.06 bits per heavy atom. The van der Waals surface area contributed by atoms with Crippen LogP contribution in [0.15, 0.2) is 12.1 Å². The van der Waals surface area contributed by atoms with Crippen LogP contribution in [0, 0.1) is 10.1 Å². The standard InChI is InChI=1S/C9H8F2N2O3/c1-4(14)5-2-3-6(12)8(13(15)16)7(5)9(10)11/h2-3,9H,12H2,1H3. The molecule has 0 spiro atoms. The van der Waals surface area contributed by atoms with Crippen molar-refractivity contribution in [1.82, 2.24) is 0 Å². The van der Waals surface area contributed by atoms with E-state index in [1.165, 1.54) is 0 Å². The Balaban J connectivity index is 3.63. The Morgan fingerprint density at radius 3 is 2.44 bits per heavy atom. The van der Waals surface area contributed by atoms with Crippen LogP contribution in [-0.4, -0.2) is 10.7 Å². The number of nitrogens with zero attached hydrogens (tertiary/aromatic N) is 1. The molecule has 86 valence electrons. The van der Waals surface area contributed by atoms with Crippen LogP contribution in [0.1, 0.15) is 29.3 Å². The molecule has 1 aromatic carbocycles. The molecule has 0 amide bonds. The molecule has 7 heteroatoms. The number of nitro benzene ring substituents is 1. The topological polar surface area (TPSA) is 86.2 Å². The third-order valence-electron chi connectivity index (χ3n) is 2.03. The maximum Gasteiger partial charge on any atom is 0.301 e. The molecule has 16 heavy (non-hydrogen) atoms. The predicted octanol–water partition coefficient (Wildman–Crippen LogP) is 2.32. The number of nitro groups is 1. The monoisotopic (exact) mass is 230 g/mol. The second-order valence-corrected chi connectivity index (χ2v) is 3.08. The molecule has 0 atom stereocenters. The molecule has 1 aromatic rings. The number of alkyl halides is 2. The third kappa shape index (κ3) is 1.97. The molecule has 0 unspecified atom stereocenters. The minimum atomic E-state index is -3.12. The highest BCUT2D eigenvalue weighted by molar-refractivity contribution is 5.97. The maximum atomic E-state index is 12.7. The second-order valence-electron chi connectivity index (χ2n) is 3.08. The summed E-state index contributed by atoms with van der Waals surface area (Å²) in [5.41, 5.74) is 2.66. The highest BCUT2D eigenvalue weighted by Gasteiger charge is 2.29. The molecule has 0 bridgehead atoms. The number of rotatable bonds is 3. The summed E-state index contributed by atoms with van der Waals surface area (Å²) in [5, 5.41) is 10.6. The van der Waals surface area contributed by atoms with Gasteiger partial charge in [0.1, 0.15) is 11.3 Å². The van der Waals surface area contributed by atoms with E-state index < -0.39 is 28.4 Å².